The summed E-state index contributed by atoms with van der Waals surface area (Å²) in [5.41, 5.74) is 0.925. The summed E-state index contributed by atoms with van der Waals surface area (Å²) in [6.07, 6.45) is 2.41. The SMILES string of the molecule is COc1cc(OC)c(Cl)c(-c2cc3cnc(N[C@@H]4CN[C@H](CO)C4)nc3[nH]c2=O)c1. The van der Waals surface area contributed by atoms with Crippen LogP contribution in [0, 0.1) is 0 Å². The van der Waals surface area contributed by atoms with Crippen LogP contribution >= 0.6 is 11.6 Å². The van der Waals surface area contributed by atoms with Crippen LogP contribution in [0.4, 0.5) is 5.95 Å². The number of aromatic nitrogens is 3. The highest BCUT2D eigenvalue weighted by molar-refractivity contribution is 6.35. The topological polar surface area (TPSA) is 121 Å². The van der Waals surface area contributed by atoms with Crippen molar-refractivity contribution in [2.24, 2.45) is 0 Å². The molecule has 4 N–H and O–H groups in total. The van der Waals surface area contributed by atoms with Gasteiger partial charge >= 0.3 is 0 Å². The van der Waals surface area contributed by atoms with Crippen LogP contribution in [-0.4, -0.2) is 59.5 Å². The van der Waals surface area contributed by atoms with Crippen molar-refractivity contribution in [2.45, 2.75) is 18.5 Å². The van der Waals surface area contributed by atoms with Crippen molar-refractivity contribution >= 4 is 28.6 Å². The Bertz CT molecular complexity index is 1140. The molecule has 0 amide bonds. The number of pyridine rings is 1. The fourth-order valence-electron chi connectivity index (χ4n) is 3.55. The van der Waals surface area contributed by atoms with Crippen LogP contribution in [0.3, 0.4) is 0 Å². The maximum absolute atomic E-state index is 12.8. The van der Waals surface area contributed by atoms with E-state index in [2.05, 4.69) is 25.6 Å². The van der Waals surface area contributed by atoms with Gasteiger partial charge in [0.2, 0.25) is 5.95 Å². The highest BCUT2D eigenvalue weighted by atomic mass is 35.5. The van der Waals surface area contributed by atoms with E-state index in [1.165, 1.54) is 14.2 Å². The smallest absolute Gasteiger partial charge is 0.257 e. The Morgan fingerprint density at radius 2 is 2.10 bits per heavy atom. The molecule has 1 fully saturated rings. The normalized spacial score (nSPS) is 18.5. The molecule has 1 aliphatic heterocycles. The minimum Gasteiger partial charge on any atom is -0.497 e. The second kappa shape index (κ2) is 8.47. The molecule has 30 heavy (non-hydrogen) atoms. The van der Waals surface area contributed by atoms with Gasteiger partial charge in [-0.25, -0.2) is 4.98 Å². The van der Waals surface area contributed by atoms with E-state index in [4.69, 9.17) is 21.1 Å². The maximum Gasteiger partial charge on any atom is 0.257 e. The highest BCUT2D eigenvalue weighted by Gasteiger charge is 2.24. The molecule has 0 unspecified atom stereocenters. The highest BCUT2D eigenvalue weighted by Crippen LogP contribution is 2.38. The number of hydrogen-bond donors (Lipinski definition) is 4. The van der Waals surface area contributed by atoms with Gasteiger partial charge in [0.05, 0.1) is 25.8 Å². The first kappa shape index (κ1) is 20.4. The predicted octanol–water partition coefficient (Wildman–Crippen LogP) is 1.79. The Kier molecular flexibility index (Phi) is 5.76. The molecule has 4 rings (SSSR count). The number of aromatic amines is 1. The molecule has 0 spiro atoms. The summed E-state index contributed by atoms with van der Waals surface area (Å²) in [7, 11) is 3.03. The van der Waals surface area contributed by atoms with Gasteiger partial charge in [-0.1, -0.05) is 11.6 Å². The van der Waals surface area contributed by atoms with Gasteiger partial charge in [0.1, 0.15) is 17.1 Å². The summed E-state index contributed by atoms with van der Waals surface area (Å²) in [6.45, 7) is 0.794. The number of H-pyrrole nitrogens is 1. The molecule has 3 heterocycles. The number of halogens is 1. The van der Waals surface area contributed by atoms with Crippen LogP contribution in [0.15, 0.2) is 29.2 Å². The molecule has 9 nitrogen and oxygen atoms in total. The number of anilines is 1. The number of nitrogens with one attached hydrogen (secondary N) is 3. The van der Waals surface area contributed by atoms with Crippen molar-refractivity contribution < 1.29 is 14.6 Å². The average Bonchev–Trinajstić information content (AvgIpc) is 3.21. The van der Waals surface area contributed by atoms with Gasteiger partial charge in [0.25, 0.3) is 5.56 Å². The lowest BCUT2D eigenvalue weighted by Gasteiger charge is -2.13. The van der Waals surface area contributed by atoms with Crippen molar-refractivity contribution in [3.63, 3.8) is 0 Å². The number of benzene rings is 1. The van der Waals surface area contributed by atoms with Crippen LogP contribution in [0.2, 0.25) is 5.02 Å². The number of aliphatic hydroxyl groups excluding tert-OH is 1. The van der Waals surface area contributed by atoms with E-state index in [1.54, 1.807) is 24.4 Å². The maximum atomic E-state index is 12.8. The first-order valence-corrected chi connectivity index (χ1v) is 9.83. The summed E-state index contributed by atoms with van der Waals surface area (Å²) >= 11 is 6.44. The molecule has 0 aliphatic carbocycles. The van der Waals surface area contributed by atoms with Crippen molar-refractivity contribution in [1.29, 1.82) is 0 Å². The summed E-state index contributed by atoms with van der Waals surface area (Å²) in [6, 6.07) is 5.20. The van der Waals surface area contributed by atoms with E-state index >= 15 is 0 Å². The lowest BCUT2D eigenvalue weighted by Crippen LogP contribution is -2.25. The van der Waals surface area contributed by atoms with E-state index in [0.717, 1.165) is 6.42 Å². The van der Waals surface area contributed by atoms with Crippen LogP contribution in [0.1, 0.15) is 6.42 Å². The number of ether oxygens (including phenoxy) is 2. The summed E-state index contributed by atoms with van der Waals surface area (Å²) in [5.74, 6) is 1.35. The third kappa shape index (κ3) is 3.91. The Morgan fingerprint density at radius 3 is 2.80 bits per heavy atom. The molecule has 0 bridgehead atoms. The van der Waals surface area contributed by atoms with E-state index in [1.807, 2.05) is 0 Å². The molecular formula is C20H22ClN5O4. The van der Waals surface area contributed by atoms with E-state index < -0.39 is 0 Å². The fraction of sp³-hybridized carbons (Fsp3) is 0.350. The average molecular weight is 432 g/mol. The van der Waals surface area contributed by atoms with Crippen LogP contribution in [0.5, 0.6) is 11.5 Å². The Hall–Kier alpha value is -2.88. The van der Waals surface area contributed by atoms with Gasteiger partial charge < -0.3 is 30.2 Å². The molecule has 1 saturated heterocycles. The molecule has 0 radical (unpaired) electrons. The molecule has 10 heteroatoms. The monoisotopic (exact) mass is 431 g/mol. The zero-order valence-electron chi connectivity index (χ0n) is 16.5. The Balaban J connectivity index is 1.69. The number of hydrogen-bond acceptors (Lipinski definition) is 8. The molecule has 158 valence electrons. The molecule has 1 aliphatic rings. The van der Waals surface area contributed by atoms with Gasteiger partial charge in [-0.15, -0.1) is 0 Å². The number of aliphatic hydroxyl groups is 1. The first-order chi connectivity index (χ1) is 14.5. The van der Waals surface area contributed by atoms with Gasteiger partial charge in [-0.3, -0.25) is 4.79 Å². The second-order valence-corrected chi connectivity index (χ2v) is 7.44. The van der Waals surface area contributed by atoms with E-state index in [-0.39, 0.29) is 24.2 Å². The zero-order chi connectivity index (χ0) is 21.3. The van der Waals surface area contributed by atoms with Crippen LogP contribution < -0.4 is 25.7 Å². The second-order valence-electron chi connectivity index (χ2n) is 7.07. The first-order valence-electron chi connectivity index (χ1n) is 9.45. The van der Waals surface area contributed by atoms with E-state index in [0.29, 0.717) is 51.2 Å². The Labute approximate surface area is 177 Å². The zero-order valence-corrected chi connectivity index (χ0v) is 17.3. The van der Waals surface area contributed by atoms with Crippen molar-refractivity contribution in [3.05, 3.63) is 39.8 Å². The van der Waals surface area contributed by atoms with Gasteiger partial charge in [-0.05, 0) is 18.6 Å². The van der Waals surface area contributed by atoms with Gasteiger partial charge in [0.15, 0.2) is 0 Å². The molecule has 2 atom stereocenters. The molecular weight excluding hydrogens is 410 g/mol. The molecule has 3 aromatic rings. The number of nitrogens with zero attached hydrogens (tertiary/aromatic N) is 2. The molecule has 2 aromatic heterocycles. The third-order valence-electron chi connectivity index (χ3n) is 5.13. The number of rotatable bonds is 6. The van der Waals surface area contributed by atoms with Crippen LogP contribution in [0.25, 0.3) is 22.2 Å². The van der Waals surface area contributed by atoms with Gasteiger partial charge in [0, 0.05) is 47.4 Å². The lowest BCUT2D eigenvalue weighted by molar-refractivity contribution is 0.254. The largest absolute Gasteiger partial charge is 0.497 e. The summed E-state index contributed by atoms with van der Waals surface area (Å²) in [5, 5.41) is 16.7. The minimum absolute atomic E-state index is 0.0647. The number of fused-ring (bicyclic) bond motifs is 1. The lowest BCUT2D eigenvalue weighted by atomic mass is 10.1. The molecule has 1 aromatic carbocycles. The Morgan fingerprint density at radius 1 is 1.27 bits per heavy atom. The minimum atomic E-state index is -0.341. The standard InChI is InChI=1S/C20H22ClN5O4/c1-29-13-5-14(17(21)16(6-13)30-2)15-3-10-7-23-20(26-18(10)25-19(15)28)24-11-4-12(9-27)22-8-11/h3,5-7,11-12,22,27H,4,8-9H2,1-2H3,(H2,23,24,25,26,28)/t11-,12-/m0/s1. The van der Waals surface area contributed by atoms with Crippen LogP contribution in [-0.2, 0) is 0 Å². The summed E-state index contributed by atoms with van der Waals surface area (Å²) < 4.78 is 10.6. The predicted molar refractivity (Wildman–Crippen MR) is 115 cm³/mol. The van der Waals surface area contributed by atoms with Gasteiger partial charge in [-0.2, -0.15) is 4.98 Å². The van der Waals surface area contributed by atoms with Crippen molar-refractivity contribution in [3.8, 4) is 22.6 Å². The van der Waals surface area contributed by atoms with Crippen molar-refractivity contribution in [1.82, 2.24) is 20.3 Å². The van der Waals surface area contributed by atoms with E-state index in [9.17, 15) is 9.90 Å². The van der Waals surface area contributed by atoms with Crippen molar-refractivity contribution in [2.75, 3.05) is 32.7 Å². The fourth-order valence-corrected chi connectivity index (χ4v) is 3.84. The summed E-state index contributed by atoms with van der Waals surface area (Å²) in [4.78, 5) is 24.4. The number of methoxy groups -OCH3 is 2. The third-order valence-corrected chi connectivity index (χ3v) is 5.52. The quantitative estimate of drug-likeness (QED) is 0.466. The molecule has 0 saturated carbocycles.